The van der Waals surface area contributed by atoms with Gasteiger partial charge in [0.25, 0.3) is 5.91 Å². The number of ether oxygens (including phenoxy) is 1. The maximum absolute atomic E-state index is 13.6. The number of guanidine groups is 2. The first kappa shape index (κ1) is 29.0. The summed E-state index contributed by atoms with van der Waals surface area (Å²) in [6.07, 6.45) is 2.42. The maximum atomic E-state index is 13.6. The van der Waals surface area contributed by atoms with Crippen molar-refractivity contribution in [2.24, 2.45) is 21.5 Å². The van der Waals surface area contributed by atoms with Crippen molar-refractivity contribution < 1.29 is 29.3 Å². The van der Waals surface area contributed by atoms with Crippen molar-refractivity contribution in [3.63, 3.8) is 0 Å². The molecule has 6 rings (SSSR count). The van der Waals surface area contributed by atoms with E-state index < -0.39 is 41.5 Å². The van der Waals surface area contributed by atoms with Gasteiger partial charge in [0.2, 0.25) is 11.7 Å². The van der Waals surface area contributed by atoms with Gasteiger partial charge >= 0.3 is 6.03 Å². The van der Waals surface area contributed by atoms with Crippen LogP contribution in [0.2, 0.25) is 0 Å². The van der Waals surface area contributed by atoms with Crippen LogP contribution in [-0.4, -0.2) is 117 Å². The number of imide groups is 1. The van der Waals surface area contributed by atoms with Crippen LogP contribution in [-0.2, 0) is 10.2 Å². The molecule has 0 aliphatic carbocycles. The summed E-state index contributed by atoms with van der Waals surface area (Å²) in [6, 6.07) is 1.61. The van der Waals surface area contributed by atoms with E-state index in [2.05, 4.69) is 34.5 Å². The fourth-order valence-corrected chi connectivity index (χ4v) is 6.90. The average Bonchev–Trinajstić information content (AvgIpc) is 3.52. The molecular formula is C28H39N9O6. The number of carbonyl (C=O) groups excluding carboxylic acids is 3. The standard InChI is InChI=1S/C28H39N9O6/c1-4-5-10-35-14-19(38)36(25(35)40)12-17-21-27(34-23(29)33-21)28(41,42)18(13-37(27)24(30)31-17)32-22(39)15-7-6-8-16-20(15)43-11-9-26(16,2)3/h6-8,17-18,21,41-42H,4-5,9-14H2,1-3H3,(H2,30,31)(H,32,39)(H3,29,33,34)/t17-,18-,21-,27-/m0/s1. The Kier molecular flexibility index (Phi) is 6.73. The number of rotatable bonds is 7. The predicted molar refractivity (Wildman–Crippen MR) is 155 cm³/mol. The van der Waals surface area contributed by atoms with Crippen LogP contribution in [0.15, 0.2) is 28.2 Å². The minimum Gasteiger partial charge on any atom is -0.492 e. The first-order chi connectivity index (χ1) is 20.3. The first-order valence-electron chi connectivity index (χ1n) is 14.7. The Balaban J connectivity index is 1.28. The Hall–Kier alpha value is -4.11. The van der Waals surface area contributed by atoms with Gasteiger partial charge in [0, 0.05) is 18.7 Å². The van der Waals surface area contributed by atoms with Crippen LogP contribution in [0.1, 0.15) is 56.0 Å². The number of hydrogen-bond acceptors (Lipinski definition) is 12. The predicted octanol–water partition coefficient (Wildman–Crippen LogP) is -1.41. The summed E-state index contributed by atoms with van der Waals surface area (Å²) in [6.45, 7) is 6.69. The lowest BCUT2D eigenvalue weighted by atomic mass is 9.79. The van der Waals surface area contributed by atoms with E-state index in [9.17, 15) is 24.6 Å². The van der Waals surface area contributed by atoms with Crippen LogP contribution in [0.5, 0.6) is 5.75 Å². The molecule has 0 radical (unpaired) electrons. The van der Waals surface area contributed by atoms with Crippen molar-refractivity contribution in [1.29, 1.82) is 0 Å². The number of hydrogen-bond donors (Lipinski definition) is 6. The number of carbonyl (C=O) groups is 3. The van der Waals surface area contributed by atoms with E-state index in [-0.39, 0.29) is 48.4 Å². The van der Waals surface area contributed by atoms with Gasteiger partial charge < -0.3 is 46.9 Å². The van der Waals surface area contributed by atoms with Gasteiger partial charge in [-0.05, 0) is 24.3 Å². The van der Waals surface area contributed by atoms with Crippen molar-refractivity contribution >= 4 is 29.8 Å². The molecule has 2 fully saturated rings. The molecule has 5 aliphatic rings. The minimum absolute atomic E-state index is 0.0432. The second-order valence-electron chi connectivity index (χ2n) is 12.5. The van der Waals surface area contributed by atoms with Crippen LogP contribution < -0.4 is 26.8 Å². The zero-order chi connectivity index (χ0) is 30.9. The Morgan fingerprint density at radius 1 is 1.23 bits per heavy atom. The number of nitrogens with one attached hydrogen (secondary N) is 2. The van der Waals surface area contributed by atoms with E-state index in [1.54, 1.807) is 12.1 Å². The number of unbranched alkanes of at least 4 members (excludes halogenated alkanes) is 1. The SMILES string of the molecule is CCCCN1CC(=O)N(C[C@@H]2N=C(N)N3C[C@H](NC(=O)c4cccc5c4OCCC5(C)C)C(O)(O)[C@@]34NC(N)=N[C@@H]24)C1=O. The Morgan fingerprint density at radius 2 is 2.00 bits per heavy atom. The molecule has 0 bridgehead atoms. The van der Waals surface area contributed by atoms with Crippen molar-refractivity contribution in [3.8, 4) is 5.75 Å². The highest BCUT2D eigenvalue weighted by Gasteiger charge is 2.73. The van der Waals surface area contributed by atoms with Crippen molar-refractivity contribution in [3.05, 3.63) is 29.3 Å². The fourth-order valence-electron chi connectivity index (χ4n) is 6.90. The van der Waals surface area contributed by atoms with Crippen LogP contribution in [0.25, 0.3) is 0 Å². The Morgan fingerprint density at radius 3 is 2.74 bits per heavy atom. The van der Waals surface area contributed by atoms with E-state index >= 15 is 0 Å². The summed E-state index contributed by atoms with van der Waals surface area (Å²) >= 11 is 0. The molecule has 232 valence electrons. The molecule has 1 aromatic carbocycles. The number of nitrogens with two attached hydrogens (primary N) is 2. The number of para-hydroxylation sites is 1. The third kappa shape index (κ3) is 4.27. The monoisotopic (exact) mass is 597 g/mol. The van der Waals surface area contributed by atoms with Crippen LogP contribution >= 0.6 is 0 Å². The van der Waals surface area contributed by atoms with Gasteiger partial charge in [0.1, 0.15) is 24.4 Å². The smallest absolute Gasteiger partial charge is 0.327 e. The number of amides is 4. The Labute approximate surface area is 248 Å². The van der Waals surface area contributed by atoms with Crippen LogP contribution in [0.4, 0.5) is 4.79 Å². The summed E-state index contributed by atoms with van der Waals surface area (Å²) in [5, 5.41) is 29.2. The van der Waals surface area contributed by atoms with E-state index in [0.29, 0.717) is 18.9 Å². The molecule has 15 nitrogen and oxygen atoms in total. The number of fused-ring (bicyclic) bond motifs is 1. The normalized spacial score (nSPS) is 30.2. The third-order valence-electron chi connectivity index (χ3n) is 9.35. The average molecular weight is 598 g/mol. The van der Waals surface area contributed by atoms with Gasteiger partial charge in [-0.2, -0.15) is 0 Å². The molecule has 15 heteroatoms. The molecule has 4 amide bonds. The van der Waals surface area contributed by atoms with Gasteiger partial charge in [0.15, 0.2) is 17.6 Å². The molecule has 8 N–H and O–H groups in total. The van der Waals surface area contributed by atoms with Crippen molar-refractivity contribution in [2.75, 3.05) is 32.8 Å². The zero-order valence-electron chi connectivity index (χ0n) is 24.5. The van der Waals surface area contributed by atoms with E-state index in [1.165, 1.54) is 9.80 Å². The lowest BCUT2D eigenvalue weighted by Crippen LogP contribution is -2.78. The van der Waals surface area contributed by atoms with Gasteiger partial charge in [-0.1, -0.05) is 39.3 Å². The Bertz CT molecular complexity index is 1430. The number of nitrogens with zero attached hydrogens (tertiary/aromatic N) is 5. The highest BCUT2D eigenvalue weighted by molar-refractivity contribution is 6.02. The molecule has 1 spiro atoms. The summed E-state index contributed by atoms with van der Waals surface area (Å²) in [4.78, 5) is 52.4. The lowest BCUT2D eigenvalue weighted by Gasteiger charge is -2.49. The molecule has 0 unspecified atom stereocenters. The lowest BCUT2D eigenvalue weighted by molar-refractivity contribution is -0.230. The van der Waals surface area contributed by atoms with E-state index in [0.717, 1.165) is 29.7 Å². The summed E-state index contributed by atoms with van der Waals surface area (Å²) in [5.41, 5.74) is 11.6. The fraction of sp³-hybridized carbons (Fsp3) is 0.607. The number of aliphatic hydroxyl groups is 2. The number of aliphatic imine (C=N–C) groups is 2. The summed E-state index contributed by atoms with van der Waals surface area (Å²) in [5.74, 6) is -3.32. The number of urea groups is 1. The third-order valence-corrected chi connectivity index (χ3v) is 9.35. The molecule has 0 saturated carbocycles. The number of benzene rings is 1. The van der Waals surface area contributed by atoms with Crippen LogP contribution in [0, 0.1) is 0 Å². The van der Waals surface area contributed by atoms with Gasteiger partial charge in [-0.15, -0.1) is 0 Å². The molecule has 1 aromatic rings. The molecule has 2 saturated heterocycles. The van der Waals surface area contributed by atoms with Crippen molar-refractivity contribution in [1.82, 2.24) is 25.3 Å². The molecule has 5 heterocycles. The van der Waals surface area contributed by atoms with Gasteiger partial charge in [-0.3, -0.25) is 14.5 Å². The van der Waals surface area contributed by atoms with Gasteiger partial charge in [-0.25, -0.2) is 14.8 Å². The molecular weight excluding hydrogens is 558 g/mol. The van der Waals surface area contributed by atoms with Crippen LogP contribution in [0.3, 0.4) is 0 Å². The van der Waals surface area contributed by atoms with Gasteiger partial charge in [0.05, 0.1) is 24.8 Å². The topological polar surface area (TPSA) is 211 Å². The zero-order valence-corrected chi connectivity index (χ0v) is 24.5. The second-order valence-corrected chi connectivity index (χ2v) is 12.5. The molecule has 43 heavy (non-hydrogen) atoms. The highest BCUT2D eigenvalue weighted by atomic mass is 16.5. The minimum atomic E-state index is -2.67. The first-order valence-corrected chi connectivity index (χ1v) is 14.7. The summed E-state index contributed by atoms with van der Waals surface area (Å²) < 4.78 is 5.90. The molecule has 5 aliphatic heterocycles. The van der Waals surface area contributed by atoms with E-state index in [4.69, 9.17) is 16.2 Å². The maximum Gasteiger partial charge on any atom is 0.327 e. The largest absolute Gasteiger partial charge is 0.492 e. The second kappa shape index (κ2) is 9.98. The quantitative estimate of drug-likeness (QED) is 0.160. The van der Waals surface area contributed by atoms with E-state index in [1.807, 2.05) is 13.0 Å². The molecule has 4 atom stereocenters. The summed E-state index contributed by atoms with van der Waals surface area (Å²) in [7, 11) is 0. The molecule has 0 aromatic heterocycles. The van der Waals surface area contributed by atoms with Crippen molar-refractivity contribution in [2.45, 2.75) is 75.0 Å². The highest BCUT2D eigenvalue weighted by Crippen LogP contribution is 2.45.